The zero-order valence-electron chi connectivity index (χ0n) is 14.4. The first-order chi connectivity index (χ1) is 11.2. The van der Waals surface area contributed by atoms with E-state index in [1.54, 1.807) is 0 Å². The Morgan fingerprint density at radius 2 is 1.70 bits per heavy atom. The van der Waals surface area contributed by atoms with E-state index in [1.807, 2.05) is 0 Å². The SMILES string of the molecule is CC1CCN(CC(=O)Nc2ccc(C3CCCCC3)cc2)CC1. The summed E-state index contributed by atoms with van der Waals surface area (Å²) in [5, 5.41) is 3.05. The molecule has 126 valence electrons. The normalized spacial score (nSPS) is 21.3. The first kappa shape index (κ1) is 16.5. The largest absolute Gasteiger partial charge is 0.325 e. The maximum absolute atomic E-state index is 12.2. The van der Waals surface area contributed by atoms with E-state index < -0.39 is 0 Å². The van der Waals surface area contributed by atoms with Gasteiger partial charge in [0, 0.05) is 5.69 Å². The van der Waals surface area contributed by atoms with Crippen molar-refractivity contribution in [2.75, 3.05) is 25.0 Å². The first-order valence-electron chi connectivity index (χ1n) is 9.33. The van der Waals surface area contributed by atoms with Crippen molar-refractivity contribution in [2.24, 2.45) is 5.92 Å². The van der Waals surface area contributed by atoms with Gasteiger partial charge >= 0.3 is 0 Å². The van der Waals surface area contributed by atoms with Gasteiger partial charge in [-0.2, -0.15) is 0 Å². The highest BCUT2D eigenvalue weighted by Gasteiger charge is 2.18. The summed E-state index contributed by atoms with van der Waals surface area (Å²) in [6.45, 7) is 4.92. The quantitative estimate of drug-likeness (QED) is 0.893. The van der Waals surface area contributed by atoms with Gasteiger partial charge in [0.05, 0.1) is 6.54 Å². The van der Waals surface area contributed by atoms with Gasteiger partial charge in [-0.15, -0.1) is 0 Å². The summed E-state index contributed by atoms with van der Waals surface area (Å²) in [5.41, 5.74) is 2.37. The number of hydrogen-bond acceptors (Lipinski definition) is 2. The van der Waals surface area contributed by atoms with E-state index in [0.717, 1.165) is 30.6 Å². The molecule has 2 fully saturated rings. The molecule has 0 atom stereocenters. The molecule has 1 aromatic rings. The van der Waals surface area contributed by atoms with Gasteiger partial charge in [0.25, 0.3) is 0 Å². The molecule has 0 bridgehead atoms. The molecule has 1 aliphatic carbocycles. The number of amides is 1. The van der Waals surface area contributed by atoms with Crippen molar-refractivity contribution in [2.45, 2.75) is 57.8 Å². The van der Waals surface area contributed by atoms with Crippen molar-refractivity contribution < 1.29 is 4.79 Å². The topological polar surface area (TPSA) is 32.3 Å². The Labute approximate surface area is 140 Å². The third-order valence-corrected chi connectivity index (χ3v) is 5.51. The Balaban J connectivity index is 1.48. The van der Waals surface area contributed by atoms with E-state index in [-0.39, 0.29) is 5.91 Å². The van der Waals surface area contributed by atoms with Crippen molar-refractivity contribution in [3.05, 3.63) is 29.8 Å². The molecule has 1 aromatic carbocycles. The lowest BCUT2D eigenvalue weighted by Gasteiger charge is -2.29. The van der Waals surface area contributed by atoms with E-state index in [2.05, 4.69) is 41.4 Å². The van der Waals surface area contributed by atoms with Gasteiger partial charge in [-0.05, 0) is 68.3 Å². The van der Waals surface area contributed by atoms with Crippen LogP contribution in [0.2, 0.25) is 0 Å². The number of nitrogens with zero attached hydrogens (tertiary/aromatic N) is 1. The fourth-order valence-corrected chi connectivity index (χ4v) is 3.90. The molecular weight excluding hydrogens is 284 g/mol. The van der Waals surface area contributed by atoms with Crippen LogP contribution in [0, 0.1) is 5.92 Å². The number of carbonyl (C=O) groups excluding carboxylic acids is 1. The molecular formula is C20H30N2O. The van der Waals surface area contributed by atoms with Crippen molar-refractivity contribution in [1.82, 2.24) is 4.90 Å². The molecule has 1 amide bonds. The molecule has 3 nitrogen and oxygen atoms in total. The summed E-state index contributed by atoms with van der Waals surface area (Å²) in [7, 11) is 0. The Bertz CT molecular complexity index is 497. The summed E-state index contributed by atoms with van der Waals surface area (Å²) >= 11 is 0. The van der Waals surface area contributed by atoms with Crippen LogP contribution in [0.3, 0.4) is 0 Å². The van der Waals surface area contributed by atoms with Crippen LogP contribution >= 0.6 is 0 Å². The zero-order valence-corrected chi connectivity index (χ0v) is 14.4. The Morgan fingerprint density at radius 1 is 1.04 bits per heavy atom. The van der Waals surface area contributed by atoms with Gasteiger partial charge < -0.3 is 5.32 Å². The number of benzene rings is 1. The summed E-state index contributed by atoms with van der Waals surface area (Å²) < 4.78 is 0. The minimum atomic E-state index is 0.116. The number of likely N-dealkylation sites (tertiary alicyclic amines) is 1. The second kappa shape index (κ2) is 7.96. The average Bonchev–Trinajstić information content (AvgIpc) is 2.58. The molecule has 0 radical (unpaired) electrons. The molecule has 1 heterocycles. The van der Waals surface area contributed by atoms with Crippen molar-refractivity contribution in [3.8, 4) is 0 Å². The second-order valence-corrected chi connectivity index (χ2v) is 7.46. The van der Waals surface area contributed by atoms with Gasteiger partial charge in [-0.3, -0.25) is 9.69 Å². The Hall–Kier alpha value is -1.35. The predicted octanol–water partition coefficient (Wildman–Crippen LogP) is 4.40. The third kappa shape index (κ3) is 4.81. The van der Waals surface area contributed by atoms with Crippen LogP contribution in [0.25, 0.3) is 0 Å². The minimum Gasteiger partial charge on any atom is -0.325 e. The van der Waals surface area contributed by atoms with Gasteiger partial charge in [0.15, 0.2) is 0 Å². The fraction of sp³-hybridized carbons (Fsp3) is 0.650. The number of hydrogen-bond donors (Lipinski definition) is 1. The smallest absolute Gasteiger partial charge is 0.238 e. The molecule has 1 saturated heterocycles. The van der Waals surface area contributed by atoms with Crippen LogP contribution in [-0.4, -0.2) is 30.4 Å². The van der Waals surface area contributed by atoms with Crippen LogP contribution in [0.15, 0.2) is 24.3 Å². The van der Waals surface area contributed by atoms with Crippen LogP contribution in [0.1, 0.15) is 63.4 Å². The average molecular weight is 314 g/mol. The lowest BCUT2D eigenvalue weighted by atomic mass is 9.84. The summed E-state index contributed by atoms with van der Waals surface area (Å²) in [5.74, 6) is 1.65. The standard InChI is InChI=1S/C20H30N2O/c1-16-11-13-22(14-12-16)15-20(23)21-19-9-7-18(8-10-19)17-5-3-2-4-6-17/h7-10,16-17H,2-6,11-15H2,1H3,(H,21,23). The maximum Gasteiger partial charge on any atom is 0.238 e. The van der Waals surface area contributed by atoms with Crippen LogP contribution < -0.4 is 5.32 Å². The first-order valence-corrected chi connectivity index (χ1v) is 9.33. The lowest BCUT2D eigenvalue weighted by molar-refractivity contribution is -0.117. The van der Waals surface area contributed by atoms with Crippen molar-refractivity contribution in [1.29, 1.82) is 0 Å². The lowest BCUT2D eigenvalue weighted by Crippen LogP contribution is -2.38. The van der Waals surface area contributed by atoms with Gasteiger partial charge in [-0.25, -0.2) is 0 Å². The van der Waals surface area contributed by atoms with E-state index in [4.69, 9.17) is 0 Å². The zero-order chi connectivity index (χ0) is 16.1. The fourth-order valence-electron chi connectivity index (χ4n) is 3.90. The highest BCUT2D eigenvalue weighted by atomic mass is 16.2. The molecule has 1 aliphatic heterocycles. The molecule has 2 aliphatic rings. The molecule has 1 saturated carbocycles. The van der Waals surface area contributed by atoms with E-state index >= 15 is 0 Å². The Morgan fingerprint density at radius 3 is 2.35 bits per heavy atom. The molecule has 3 heteroatoms. The molecule has 23 heavy (non-hydrogen) atoms. The third-order valence-electron chi connectivity index (χ3n) is 5.51. The highest BCUT2D eigenvalue weighted by Crippen LogP contribution is 2.32. The maximum atomic E-state index is 12.2. The summed E-state index contributed by atoms with van der Waals surface area (Å²) in [6.07, 6.45) is 9.17. The van der Waals surface area contributed by atoms with E-state index in [9.17, 15) is 4.79 Å². The molecule has 0 aromatic heterocycles. The summed E-state index contributed by atoms with van der Waals surface area (Å²) in [4.78, 5) is 14.5. The predicted molar refractivity (Wildman–Crippen MR) is 95.7 cm³/mol. The van der Waals surface area contributed by atoms with Gasteiger partial charge in [-0.1, -0.05) is 38.3 Å². The molecule has 1 N–H and O–H groups in total. The summed E-state index contributed by atoms with van der Waals surface area (Å²) in [6, 6.07) is 8.54. The van der Waals surface area contributed by atoms with Crippen LogP contribution in [0.4, 0.5) is 5.69 Å². The number of rotatable bonds is 4. The molecule has 0 unspecified atom stereocenters. The molecule has 0 spiro atoms. The second-order valence-electron chi connectivity index (χ2n) is 7.46. The molecule has 3 rings (SSSR count). The van der Waals surface area contributed by atoms with E-state index in [0.29, 0.717) is 6.54 Å². The number of nitrogens with one attached hydrogen (secondary N) is 1. The Kier molecular flexibility index (Phi) is 5.71. The van der Waals surface area contributed by atoms with Gasteiger partial charge in [0.1, 0.15) is 0 Å². The minimum absolute atomic E-state index is 0.116. The van der Waals surface area contributed by atoms with Gasteiger partial charge in [0.2, 0.25) is 5.91 Å². The van der Waals surface area contributed by atoms with Crippen molar-refractivity contribution >= 4 is 11.6 Å². The number of carbonyl (C=O) groups is 1. The number of piperidine rings is 1. The van der Waals surface area contributed by atoms with E-state index in [1.165, 1.54) is 50.5 Å². The number of anilines is 1. The monoisotopic (exact) mass is 314 g/mol. The van der Waals surface area contributed by atoms with Crippen LogP contribution in [0.5, 0.6) is 0 Å². The van der Waals surface area contributed by atoms with Crippen molar-refractivity contribution in [3.63, 3.8) is 0 Å². The highest BCUT2D eigenvalue weighted by molar-refractivity contribution is 5.92. The van der Waals surface area contributed by atoms with Crippen LogP contribution in [-0.2, 0) is 4.79 Å².